The first-order valence-electron chi connectivity index (χ1n) is 8.92. The summed E-state index contributed by atoms with van der Waals surface area (Å²) in [7, 11) is 0. The van der Waals surface area contributed by atoms with Gasteiger partial charge in [0.15, 0.2) is 5.82 Å². The lowest BCUT2D eigenvalue weighted by Crippen LogP contribution is -2.36. The average molecular weight is 364 g/mol. The van der Waals surface area contributed by atoms with Gasteiger partial charge < -0.3 is 5.32 Å². The van der Waals surface area contributed by atoms with Crippen molar-refractivity contribution in [1.29, 1.82) is 0 Å². The van der Waals surface area contributed by atoms with Gasteiger partial charge in [-0.25, -0.2) is 9.78 Å². The molecule has 27 heavy (non-hydrogen) atoms. The van der Waals surface area contributed by atoms with Crippen LogP contribution in [0.4, 0.5) is 10.6 Å². The van der Waals surface area contributed by atoms with Gasteiger partial charge in [0.1, 0.15) is 5.82 Å². The van der Waals surface area contributed by atoms with Crippen molar-refractivity contribution in [1.82, 2.24) is 25.1 Å². The Morgan fingerprint density at radius 1 is 1.07 bits per heavy atom. The van der Waals surface area contributed by atoms with Gasteiger partial charge in [0.25, 0.3) is 0 Å². The third-order valence-corrected chi connectivity index (χ3v) is 4.30. The number of nitrogens with one attached hydrogen (secondary N) is 2. The molecule has 3 aromatic heterocycles. The number of amides is 2. The summed E-state index contributed by atoms with van der Waals surface area (Å²) in [6, 6.07) is 8.94. The molecule has 3 rings (SSSR count). The van der Waals surface area contributed by atoms with Crippen molar-refractivity contribution >= 4 is 11.8 Å². The van der Waals surface area contributed by atoms with Crippen molar-refractivity contribution in [3.05, 3.63) is 65.7 Å². The van der Waals surface area contributed by atoms with Crippen LogP contribution in [0.25, 0.3) is 5.82 Å². The molecule has 140 valence electrons. The van der Waals surface area contributed by atoms with Gasteiger partial charge in [-0.05, 0) is 49.1 Å². The van der Waals surface area contributed by atoms with Crippen LogP contribution < -0.4 is 10.6 Å². The molecule has 0 aromatic carbocycles. The van der Waals surface area contributed by atoms with Gasteiger partial charge in [0, 0.05) is 18.5 Å². The van der Waals surface area contributed by atoms with Crippen LogP contribution in [0.15, 0.2) is 48.9 Å². The normalized spacial score (nSPS) is 12.0. The summed E-state index contributed by atoms with van der Waals surface area (Å²) in [5, 5.41) is 10.2. The second-order valence-electron chi connectivity index (χ2n) is 6.85. The number of hydrogen-bond acceptors (Lipinski definition) is 4. The van der Waals surface area contributed by atoms with Crippen LogP contribution >= 0.6 is 0 Å². The van der Waals surface area contributed by atoms with Crippen molar-refractivity contribution in [3.63, 3.8) is 0 Å². The molecule has 7 heteroatoms. The maximum Gasteiger partial charge on any atom is 0.320 e. The van der Waals surface area contributed by atoms with Gasteiger partial charge in [0.05, 0.1) is 17.9 Å². The number of pyridine rings is 2. The second kappa shape index (κ2) is 7.99. The van der Waals surface area contributed by atoms with E-state index >= 15 is 0 Å². The standard InChI is InChI=1S/C20H24N6O/c1-13(2)18(19-15(4)6-5-9-22-19)25-20(27)24-16-8-11-23-26(16)17-12-14(3)7-10-21-17/h5-13,18H,1-4H3,(H2,24,25,27). The molecule has 7 nitrogen and oxygen atoms in total. The second-order valence-corrected chi connectivity index (χ2v) is 6.85. The Balaban J connectivity index is 1.78. The average Bonchev–Trinajstić information content (AvgIpc) is 3.08. The lowest BCUT2D eigenvalue weighted by Gasteiger charge is -2.23. The Morgan fingerprint density at radius 3 is 2.59 bits per heavy atom. The van der Waals surface area contributed by atoms with E-state index in [9.17, 15) is 4.79 Å². The van der Waals surface area contributed by atoms with Crippen LogP contribution in [0.2, 0.25) is 0 Å². The minimum absolute atomic E-state index is 0.188. The minimum Gasteiger partial charge on any atom is -0.329 e. The number of hydrogen-bond donors (Lipinski definition) is 2. The van der Waals surface area contributed by atoms with E-state index in [2.05, 4.69) is 39.5 Å². The molecule has 1 unspecified atom stereocenters. The van der Waals surface area contributed by atoms with Crippen molar-refractivity contribution < 1.29 is 4.79 Å². The predicted molar refractivity (Wildman–Crippen MR) is 105 cm³/mol. The van der Waals surface area contributed by atoms with Crippen LogP contribution in [0, 0.1) is 19.8 Å². The largest absolute Gasteiger partial charge is 0.329 e. The molecule has 0 radical (unpaired) electrons. The minimum atomic E-state index is -0.312. The van der Waals surface area contributed by atoms with Crippen LogP contribution in [0.1, 0.15) is 36.7 Å². The molecule has 1 atom stereocenters. The fourth-order valence-corrected chi connectivity index (χ4v) is 2.88. The van der Waals surface area contributed by atoms with E-state index in [0.717, 1.165) is 16.8 Å². The molecule has 0 aliphatic rings. The summed E-state index contributed by atoms with van der Waals surface area (Å²) in [6.07, 6.45) is 5.09. The van der Waals surface area contributed by atoms with Crippen molar-refractivity contribution in [2.75, 3.05) is 5.32 Å². The Kier molecular flexibility index (Phi) is 5.49. The van der Waals surface area contributed by atoms with Crippen LogP contribution in [-0.2, 0) is 0 Å². The van der Waals surface area contributed by atoms with E-state index in [1.165, 1.54) is 0 Å². The number of aromatic nitrogens is 4. The predicted octanol–water partition coefficient (Wildman–Crippen LogP) is 3.80. The molecule has 3 aromatic rings. The quantitative estimate of drug-likeness (QED) is 0.721. The highest BCUT2D eigenvalue weighted by Gasteiger charge is 2.22. The molecule has 2 amide bonds. The molecule has 0 aliphatic heterocycles. The van der Waals surface area contributed by atoms with E-state index in [1.54, 1.807) is 29.3 Å². The summed E-state index contributed by atoms with van der Waals surface area (Å²) < 4.78 is 1.60. The van der Waals surface area contributed by atoms with Gasteiger partial charge in [-0.3, -0.25) is 10.3 Å². The first-order chi connectivity index (χ1) is 13.0. The Bertz CT molecular complexity index is 933. The molecule has 0 bridgehead atoms. The van der Waals surface area contributed by atoms with Crippen LogP contribution in [0.3, 0.4) is 0 Å². The van der Waals surface area contributed by atoms with Gasteiger partial charge in [-0.2, -0.15) is 9.78 Å². The highest BCUT2D eigenvalue weighted by atomic mass is 16.2. The zero-order valence-electron chi connectivity index (χ0n) is 16.0. The molecule has 0 spiro atoms. The fourth-order valence-electron chi connectivity index (χ4n) is 2.88. The highest BCUT2D eigenvalue weighted by Crippen LogP contribution is 2.23. The Morgan fingerprint density at radius 2 is 1.89 bits per heavy atom. The smallest absolute Gasteiger partial charge is 0.320 e. The molecule has 0 saturated carbocycles. The van der Waals surface area contributed by atoms with E-state index in [0.29, 0.717) is 11.6 Å². The van der Waals surface area contributed by atoms with Crippen LogP contribution in [-0.4, -0.2) is 25.8 Å². The lowest BCUT2D eigenvalue weighted by molar-refractivity contribution is 0.244. The zero-order valence-corrected chi connectivity index (χ0v) is 16.0. The number of carbonyl (C=O) groups is 1. The fraction of sp³-hybridized carbons (Fsp3) is 0.300. The number of aryl methyl sites for hydroxylation is 2. The topological polar surface area (TPSA) is 84.7 Å². The SMILES string of the molecule is Cc1ccnc(-n2nccc2NC(=O)NC(c2ncccc2C)C(C)C)c1. The first kappa shape index (κ1) is 18.6. The van der Waals surface area contributed by atoms with Gasteiger partial charge >= 0.3 is 6.03 Å². The molecule has 0 fully saturated rings. The maximum absolute atomic E-state index is 12.6. The van der Waals surface area contributed by atoms with E-state index in [4.69, 9.17) is 0 Å². The number of urea groups is 1. The maximum atomic E-state index is 12.6. The molecule has 0 aliphatic carbocycles. The van der Waals surface area contributed by atoms with E-state index in [1.807, 2.05) is 38.1 Å². The van der Waals surface area contributed by atoms with Crippen LogP contribution in [0.5, 0.6) is 0 Å². The molecular weight excluding hydrogens is 340 g/mol. The molecule has 3 heterocycles. The highest BCUT2D eigenvalue weighted by molar-refractivity contribution is 5.88. The van der Waals surface area contributed by atoms with Crippen molar-refractivity contribution in [2.24, 2.45) is 5.92 Å². The summed E-state index contributed by atoms with van der Waals surface area (Å²) in [5.74, 6) is 1.38. The molecule has 0 saturated heterocycles. The Hall–Kier alpha value is -3.22. The van der Waals surface area contributed by atoms with E-state index in [-0.39, 0.29) is 18.0 Å². The monoisotopic (exact) mass is 364 g/mol. The Labute approximate surface area is 158 Å². The third kappa shape index (κ3) is 4.31. The number of nitrogens with zero attached hydrogens (tertiary/aromatic N) is 4. The lowest BCUT2D eigenvalue weighted by atomic mass is 9.97. The van der Waals surface area contributed by atoms with Gasteiger partial charge in [-0.1, -0.05) is 19.9 Å². The van der Waals surface area contributed by atoms with Crippen molar-refractivity contribution in [3.8, 4) is 5.82 Å². The van der Waals surface area contributed by atoms with Gasteiger partial charge in [0.2, 0.25) is 0 Å². The van der Waals surface area contributed by atoms with Gasteiger partial charge in [-0.15, -0.1) is 0 Å². The summed E-state index contributed by atoms with van der Waals surface area (Å²) >= 11 is 0. The number of rotatable bonds is 5. The summed E-state index contributed by atoms with van der Waals surface area (Å²) in [6.45, 7) is 8.09. The van der Waals surface area contributed by atoms with E-state index < -0.39 is 0 Å². The summed E-state index contributed by atoms with van der Waals surface area (Å²) in [4.78, 5) is 21.4. The zero-order chi connectivity index (χ0) is 19.4. The molecule has 2 N–H and O–H groups in total. The number of carbonyl (C=O) groups excluding carboxylic acids is 1. The third-order valence-electron chi connectivity index (χ3n) is 4.30. The first-order valence-corrected chi connectivity index (χ1v) is 8.92. The number of anilines is 1. The summed E-state index contributed by atoms with van der Waals surface area (Å²) in [5.41, 5.74) is 2.98. The molecular formula is C20H24N6O. The van der Waals surface area contributed by atoms with Crippen molar-refractivity contribution in [2.45, 2.75) is 33.7 Å².